The quantitative estimate of drug-likeness (QED) is 0.317. The van der Waals surface area contributed by atoms with Crippen LogP contribution in [0.15, 0.2) is 48.5 Å². The molecule has 0 spiro atoms. The van der Waals surface area contributed by atoms with Crippen LogP contribution in [0, 0.1) is 0 Å². The topological polar surface area (TPSA) is 99.1 Å². The highest BCUT2D eigenvalue weighted by Gasteiger charge is 2.48. The Labute approximate surface area is 181 Å². The average molecular weight is 454 g/mol. The minimum atomic E-state index is -5.26. The number of carboxylic acids is 1. The number of hydrogen-bond donors (Lipinski definition) is 1. The lowest BCUT2D eigenvalue weighted by atomic mass is 10.2. The largest absolute Gasteiger partial charge is 0.494 e. The third-order valence-electron chi connectivity index (χ3n) is 4.15. The number of alkyl halides is 3. The van der Waals surface area contributed by atoms with Gasteiger partial charge in [-0.05, 0) is 55.0 Å². The van der Waals surface area contributed by atoms with Crippen molar-refractivity contribution in [2.75, 3.05) is 6.61 Å². The summed E-state index contributed by atoms with van der Waals surface area (Å²) in [5.41, 5.74) is -0.103. The molecule has 0 bridgehead atoms. The van der Waals surface area contributed by atoms with Crippen LogP contribution >= 0.6 is 0 Å². The van der Waals surface area contributed by atoms with Gasteiger partial charge in [-0.15, -0.1) is 0 Å². The molecule has 0 aliphatic heterocycles. The van der Waals surface area contributed by atoms with E-state index < -0.39 is 30.2 Å². The fourth-order valence-electron chi connectivity index (χ4n) is 2.49. The van der Waals surface area contributed by atoms with Gasteiger partial charge >= 0.3 is 24.1 Å². The lowest BCUT2D eigenvalue weighted by Gasteiger charge is -2.16. The van der Waals surface area contributed by atoms with Crippen molar-refractivity contribution in [3.05, 3.63) is 59.7 Å². The van der Waals surface area contributed by atoms with Gasteiger partial charge in [0, 0.05) is 0 Å². The fourth-order valence-corrected chi connectivity index (χ4v) is 2.49. The Morgan fingerprint density at radius 3 is 1.91 bits per heavy atom. The van der Waals surface area contributed by atoms with Crippen molar-refractivity contribution in [2.24, 2.45) is 0 Å². The third kappa shape index (κ3) is 7.29. The predicted molar refractivity (Wildman–Crippen MR) is 106 cm³/mol. The highest BCUT2D eigenvalue weighted by molar-refractivity contribution is 5.93. The van der Waals surface area contributed by atoms with Gasteiger partial charge in [-0.1, -0.05) is 19.8 Å². The smallest absolute Gasteiger partial charge is 0.436 e. The molecule has 32 heavy (non-hydrogen) atoms. The average Bonchev–Trinajstić information content (AvgIpc) is 2.74. The first-order valence-corrected chi connectivity index (χ1v) is 9.67. The maximum absolute atomic E-state index is 12.6. The maximum Gasteiger partial charge on any atom is 0.436 e. The van der Waals surface area contributed by atoms with Gasteiger partial charge in [0.2, 0.25) is 0 Å². The zero-order valence-electron chi connectivity index (χ0n) is 17.1. The van der Waals surface area contributed by atoms with E-state index in [1.807, 2.05) is 0 Å². The van der Waals surface area contributed by atoms with E-state index in [1.54, 1.807) is 12.1 Å². The summed E-state index contributed by atoms with van der Waals surface area (Å²) in [5.74, 6) is -3.88. The molecule has 172 valence electrons. The highest BCUT2D eigenvalue weighted by atomic mass is 19.4. The Balaban J connectivity index is 1.95. The van der Waals surface area contributed by atoms with Gasteiger partial charge in [-0.2, -0.15) is 13.2 Å². The van der Waals surface area contributed by atoms with E-state index in [9.17, 15) is 27.6 Å². The Morgan fingerprint density at radius 1 is 0.875 bits per heavy atom. The molecule has 2 aromatic rings. The Hall–Kier alpha value is -3.56. The van der Waals surface area contributed by atoms with Gasteiger partial charge in [-0.3, -0.25) is 0 Å². The van der Waals surface area contributed by atoms with Crippen molar-refractivity contribution in [1.29, 1.82) is 0 Å². The molecule has 0 radical (unpaired) electrons. The van der Waals surface area contributed by atoms with Crippen molar-refractivity contribution < 1.29 is 46.9 Å². The van der Waals surface area contributed by atoms with Crippen LogP contribution in [-0.2, 0) is 9.53 Å². The lowest BCUT2D eigenvalue weighted by molar-refractivity contribution is -0.214. The molecule has 2 aromatic carbocycles. The van der Waals surface area contributed by atoms with Crippen LogP contribution in [-0.4, -0.2) is 41.9 Å². The summed E-state index contributed by atoms with van der Waals surface area (Å²) in [6.07, 6.45) is -5.48. The molecule has 7 nitrogen and oxygen atoms in total. The normalized spacial score (nSPS) is 12.0. The number of hydrogen-bond acceptors (Lipinski definition) is 6. The number of carboxylic acid groups (broad SMARTS) is 1. The molecule has 0 fully saturated rings. The summed E-state index contributed by atoms with van der Waals surface area (Å²) < 4.78 is 52.6. The second kappa shape index (κ2) is 11.2. The Morgan fingerprint density at radius 2 is 1.41 bits per heavy atom. The zero-order chi connectivity index (χ0) is 23.7. The number of rotatable bonds is 10. The molecule has 0 aliphatic rings. The number of halogens is 3. The maximum atomic E-state index is 12.6. The Bertz CT molecular complexity index is 922. The first-order chi connectivity index (χ1) is 15.1. The first kappa shape index (κ1) is 24.7. The number of carbonyl (C=O) groups excluding carboxylic acids is 2. The van der Waals surface area contributed by atoms with E-state index in [4.69, 9.17) is 14.6 Å². The molecule has 0 amide bonds. The number of aliphatic carboxylic acids is 1. The number of benzene rings is 2. The summed E-state index contributed by atoms with van der Waals surface area (Å²) in [5, 5.41) is 8.57. The van der Waals surface area contributed by atoms with Crippen LogP contribution in [0.2, 0.25) is 0 Å². The molecule has 10 heteroatoms. The SMILES string of the molecule is CCCCCOc1ccc(C(=O)Oc2ccc(C(=O)OC(C(=O)O)C(F)(F)F)cc2)cc1. The minimum absolute atomic E-state index is 0.0250. The van der Waals surface area contributed by atoms with Gasteiger partial charge in [0.15, 0.2) is 0 Å². The molecule has 0 aliphatic carbocycles. The highest BCUT2D eigenvalue weighted by Crippen LogP contribution is 2.25. The summed E-state index contributed by atoms with van der Waals surface area (Å²) >= 11 is 0. The summed E-state index contributed by atoms with van der Waals surface area (Å²) in [6, 6.07) is 10.7. The predicted octanol–water partition coefficient (Wildman–Crippen LogP) is 4.65. The monoisotopic (exact) mass is 454 g/mol. The molecular formula is C22H21F3O7. The molecule has 0 heterocycles. The van der Waals surface area contributed by atoms with E-state index in [2.05, 4.69) is 11.7 Å². The third-order valence-corrected chi connectivity index (χ3v) is 4.15. The summed E-state index contributed by atoms with van der Waals surface area (Å²) in [4.78, 5) is 34.7. The second-order valence-corrected chi connectivity index (χ2v) is 6.66. The van der Waals surface area contributed by atoms with E-state index in [0.29, 0.717) is 12.4 Å². The van der Waals surface area contributed by atoms with Crippen LogP contribution in [0.1, 0.15) is 46.9 Å². The second-order valence-electron chi connectivity index (χ2n) is 6.66. The molecule has 0 saturated heterocycles. The molecule has 0 aromatic heterocycles. The number of esters is 2. The first-order valence-electron chi connectivity index (χ1n) is 9.67. The van der Waals surface area contributed by atoms with E-state index in [0.717, 1.165) is 31.4 Å². The molecule has 1 atom stereocenters. The van der Waals surface area contributed by atoms with Crippen LogP contribution < -0.4 is 9.47 Å². The molecule has 2 rings (SSSR count). The van der Waals surface area contributed by atoms with Crippen LogP contribution in [0.4, 0.5) is 13.2 Å². The number of ether oxygens (including phenoxy) is 3. The van der Waals surface area contributed by atoms with Crippen LogP contribution in [0.3, 0.4) is 0 Å². The van der Waals surface area contributed by atoms with E-state index in [1.165, 1.54) is 24.3 Å². The number of unbranched alkanes of at least 4 members (excludes halogenated alkanes) is 2. The van der Waals surface area contributed by atoms with Crippen molar-refractivity contribution in [3.8, 4) is 11.5 Å². The van der Waals surface area contributed by atoms with Crippen LogP contribution in [0.25, 0.3) is 0 Å². The van der Waals surface area contributed by atoms with Gasteiger partial charge in [0.05, 0.1) is 17.7 Å². The fraction of sp³-hybridized carbons (Fsp3) is 0.318. The van der Waals surface area contributed by atoms with Crippen LogP contribution in [0.5, 0.6) is 11.5 Å². The van der Waals surface area contributed by atoms with E-state index in [-0.39, 0.29) is 16.9 Å². The minimum Gasteiger partial charge on any atom is -0.494 e. The summed E-state index contributed by atoms with van der Waals surface area (Å²) in [6.45, 7) is 2.66. The van der Waals surface area contributed by atoms with Gasteiger partial charge in [0.1, 0.15) is 11.5 Å². The van der Waals surface area contributed by atoms with Crippen molar-refractivity contribution in [1.82, 2.24) is 0 Å². The summed E-state index contributed by atoms with van der Waals surface area (Å²) in [7, 11) is 0. The standard InChI is InChI=1S/C22H21F3O7/c1-2-3-4-13-30-16-9-5-14(6-10-16)20(28)31-17-11-7-15(8-12-17)21(29)32-18(19(26)27)22(23,24)25/h5-12,18H,2-4,13H2,1H3,(H,26,27). The van der Waals surface area contributed by atoms with Crippen molar-refractivity contribution in [2.45, 2.75) is 38.5 Å². The lowest BCUT2D eigenvalue weighted by Crippen LogP contribution is -2.40. The van der Waals surface area contributed by atoms with Gasteiger partial charge in [-0.25, -0.2) is 14.4 Å². The molecular weight excluding hydrogens is 433 g/mol. The van der Waals surface area contributed by atoms with E-state index >= 15 is 0 Å². The zero-order valence-corrected chi connectivity index (χ0v) is 17.1. The van der Waals surface area contributed by atoms with Crippen molar-refractivity contribution in [3.63, 3.8) is 0 Å². The molecule has 1 unspecified atom stereocenters. The Kier molecular flexibility index (Phi) is 8.62. The molecule has 0 saturated carbocycles. The molecule has 1 N–H and O–H groups in total. The number of carbonyl (C=O) groups is 3. The van der Waals surface area contributed by atoms with Crippen molar-refractivity contribution >= 4 is 17.9 Å². The van der Waals surface area contributed by atoms with Gasteiger partial charge < -0.3 is 19.3 Å². The van der Waals surface area contributed by atoms with Gasteiger partial charge in [0.25, 0.3) is 6.10 Å².